The average molecular weight is 345 g/mol. The first kappa shape index (κ1) is 26.3. The minimum atomic E-state index is 0.557. The van der Waals surface area contributed by atoms with Crippen molar-refractivity contribution in [2.75, 3.05) is 11.8 Å². The molecule has 0 heterocycles. The van der Waals surface area contributed by atoms with Crippen LogP contribution >= 0.6 is 23.2 Å². The van der Waals surface area contributed by atoms with Crippen molar-refractivity contribution in [2.24, 2.45) is 0 Å². The summed E-state index contributed by atoms with van der Waals surface area (Å²) in [4.78, 5) is 0. The molecular formula is C20H34Cl2. The maximum absolute atomic E-state index is 5.05. The number of unbranched alkanes of at least 4 members (excludes halogenated alkanes) is 1. The highest BCUT2D eigenvalue weighted by molar-refractivity contribution is 6.25. The first-order valence-electron chi connectivity index (χ1n) is 7.79. The molecule has 0 atom stereocenters. The Morgan fingerprint density at radius 2 is 1.36 bits per heavy atom. The number of alkyl halides is 2. The van der Waals surface area contributed by atoms with Gasteiger partial charge in [0.1, 0.15) is 0 Å². The molecule has 2 heteroatoms. The summed E-state index contributed by atoms with van der Waals surface area (Å²) in [6, 6.07) is 0. The molecule has 0 aliphatic heterocycles. The van der Waals surface area contributed by atoms with Gasteiger partial charge in [0.2, 0.25) is 0 Å². The van der Waals surface area contributed by atoms with Crippen LogP contribution in [0.4, 0.5) is 0 Å². The fraction of sp³-hybridized carbons (Fsp3) is 0.600. The molecule has 22 heavy (non-hydrogen) atoms. The Bertz CT molecular complexity index is 344. The Labute approximate surface area is 149 Å². The van der Waals surface area contributed by atoms with E-state index in [0.717, 1.165) is 12.8 Å². The Morgan fingerprint density at radius 3 is 1.68 bits per heavy atom. The lowest BCUT2D eigenvalue weighted by Gasteiger charge is -1.95. The summed E-state index contributed by atoms with van der Waals surface area (Å²) < 4.78 is 0. The Hall–Kier alpha value is -0.640. The van der Waals surface area contributed by atoms with Crippen LogP contribution in [0.1, 0.15) is 67.2 Å². The standard InChI is InChI=1S/C10H18.C8H12.C2H4Cl2/c1-5-10(4)8-6-7-9(2)3;1-4-5-6-7-8(2)3;3-1-2-4/h5,7H,6,8H2,1-4H3;1,7H,5-6H2,2-3H3;1-2H2/b10-5+;;. The predicted molar refractivity (Wildman–Crippen MR) is 107 cm³/mol. The number of rotatable bonds is 6. The average Bonchev–Trinajstić information content (AvgIpc) is 2.47. The van der Waals surface area contributed by atoms with Crippen LogP contribution in [-0.2, 0) is 0 Å². The van der Waals surface area contributed by atoms with Gasteiger partial charge in [-0.2, -0.15) is 0 Å². The summed E-state index contributed by atoms with van der Waals surface area (Å²) in [6.07, 6.45) is 15.9. The molecule has 0 aliphatic rings. The maximum Gasteiger partial charge on any atom is 0.0359 e. The minimum absolute atomic E-state index is 0.557. The Balaban J connectivity index is -0.000000269. The summed E-state index contributed by atoms with van der Waals surface area (Å²) >= 11 is 10.1. The van der Waals surface area contributed by atoms with Gasteiger partial charge < -0.3 is 0 Å². The van der Waals surface area contributed by atoms with Crippen LogP contribution in [0.25, 0.3) is 0 Å². The minimum Gasteiger partial charge on any atom is -0.125 e. The fourth-order valence-corrected chi connectivity index (χ4v) is 1.18. The van der Waals surface area contributed by atoms with E-state index in [2.05, 4.69) is 65.7 Å². The van der Waals surface area contributed by atoms with Gasteiger partial charge in [-0.15, -0.1) is 35.5 Å². The summed E-state index contributed by atoms with van der Waals surface area (Å²) in [7, 11) is 0. The van der Waals surface area contributed by atoms with Gasteiger partial charge in [0.25, 0.3) is 0 Å². The molecule has 0 spiro atoms. The van der Waals surface area contributed by atoms with Gasteiger partial charge >= 0.3 is 0 Å². The summed E-state index contributed by atoms with van der Waals surface area (Å²) in [5, 5.41) is 0. The molecule has 0 aromatic heterocycles. The zero-order valence-corrected chi connectivity index (χ0v) is 16.8. The molecule has 0 saturated heterocycles. The second kappa shape index (κ2) is 22.6. The van der Waals surface area contributed by atoms with Gasteiger partial charge in [-0.05, 0) is 60.8 Å². The highest BCUT2D eigenvalue weighted by atomic mass is 35.5. The number of allylic oxidation sites excluding steroid dienone is 6. The number of halogens is 2. The van der Waals surface area contributed by atoms with E-state index >= 15 is 0 Å². The largest absolute Gasteiger partial charge is 0.125 e. The molecule has 0 N–H and O–H groups in total. The summed E-state index contributed by atoms with van der Waals surface area (Å²) in [5.74, 6) is 3.69. The number of hydrogen-bond donors (Lipinski definition) is 0. The van der Waals surface area contributed by atoms with Crippen molar-refractivity contribution in [3.05, 3.63) is 34.9 Å². The normalized spacial score (nSPS) is 9.32. The number of hydrogen-bond acceptors (Lipinski definition) is 0. The van der Waals surface area contributed by atoms with Crippen molar-refractivity contribution in [1.29, 1.82) is 0 Å². The third-order valence-corrected chi connectivity index (χ3v) is 3.07. The molecule has 0 aromatic rings. The van der Waals surface area contributed by atoms with Crippen LogP contribution in [0, 0.1) is 12.3 Å². The molecule has 128 valence electrons. The zero-order chi connectivity index (χ0) is 17.8. The molecule has 0 fully saturated rings. The second-order valence-electron chi connectivity index (χ2n) is 5.36. The van der Waals surface area contributed by atoms with Crippen LogP contribution in [0.2, 0.25) is 0 Å². The highest BCUT2D eigenvalue weighted by Gasteiger charge is 1.84. The molecule has 0 rings (SSSR count). The van der Waals surface area contributed by atoms with Crippen molar-refractivity contribution in [3.8, 4) is 12.3 Å². The van der Waals surface area contributed by atoms with Gasteiger partial charge in [-0.3, -0.25) is 0 Å². The van der Waals surface area contributed by atoms with Gasteiger partial charge in [-0.25, -0.2) is 0 Å². The van der Waals surface area contributed by atoms with Crippen molar-refractivity contribution in [1.82, 2.24) is 0 Å². The first-order chi connectivity index (χ1) is 10.3. The van der Waals surface area contributed by atoms with E-state index < -0.39 is 0 Å². The van der Waals surface area contributed by atoms with Crippen molar-refractivity contribution >= 4 is 23.2 Å². The lowest BCUT2D eigenvalue weighted by Crippen LogP contribution is -1.74. The van der Waals surface area contributed by atoms with Gasteiger partial charge in [-0.1, -0.05) is 34.9 Å². The van der Waals surface area contributed by atoms with Crippen LogP contribution < -0.4 is 0 Å². The maximum atomic E-state index is 5.05. The lowest BCUT2D eigenvalue weighted by atomic mass is 10.1. The van der Waals surface area contributed by atoms with Gasteiger partial charge in [0.05, 0.1) is 0 Å². The van der Waals surface area contributed by atoms with Crippen LogP contribution in [-0.4, -0.2) is 11.8 Å². The SMILES string of the molecule is C#CCCC=C(C)C.C/C=C(\C)CCC=C(C)C.ClCCCl. The van der Waals surface area contributed by atoms with E-state index in [0.29, 0.717) is 11.8 Å². The highest BCUT2D eigenvalue weighted by Crippen LogP contribution is 2.05. The molecular weight excluding hydrogens is 311 g/mol. The molecule has 0 amide bonds. The third-order valence-electron chi connectivity index (χ3n) is 2.50. The van der Waals surface area contributed by atoms with E-state index in [1.165, 1.54) is 29.6 Å². The molecule has 0 saturated carbocycles. The van der Waals surface area contributed by atoms with Crippen molar-refractivity contribution in [3.63, 3.8) is 0 Å². The van der Waals surface area contributed by atoms with E-state index in [4.69, 9.17) is 29.6 Å². The van der Waals surface area contributed by atoms with E-state index in [1.54, 1.807) is 0 Å². The first-order valence-corrected chi connectivity index (χ1v) is 8.86. The van der Waals surface area contributed by atoms with E-state index in [9.17, 15) is 0 Å². The number of terminal acetylenes is 1. The smallest absolute Gasteiger partial charge is 0.0359 e. The van der Waals surface area contributed by atoms with Crippen molar-refractivity contribution < 1.29 is 0 Å². The monoisotopic (exact) mass is 344 g/mol. The van der Waals surface area contributed by atoms with Crippen LogP contribution in [0.15, 0.2) is 34.9 Å². The second-order valence-corrected chi connectivity index (χ2v) is 6.11. The van der Waals surface area contributed by atoms with Gasteiger partial charge in [0.15, 0.2) is 0 Å². The predicted octanol–water partition coefficient (Wildman–Crippen LogP) is 7.53. The molecule has 0 aromatic carbocycles. The molecule has 0 unspecified atom stereocenters. The Morgan fingerprint density at radius 1 is 0.909 bits per heavy atom. The topological polar surface area (TPSA) is 0 Å². The molecule has 0 aliphatic carbocycles. The third kappa shape index (κ3) is 36.6. The summed E-state index contributed by atoms with van der Waals surface area (Å²) in [6.45, 7) is 12.7. The summed E-state index contributed by atoms with van der Waals surface area (Å²) in [5.41, 5.74) is 4.25. The lowest BCUT2D eigenvalue weighted by molar-refractivity contribution is 0.964. The molecule has 0 radical (unpaired) electrons. The Kier molecular flexibility index (Phi) is 27.0. The molecule has 0 nitrogen and oxygen atoms in total. The van der Waals surface area contributed by atoms with Gasteiger partial charge in [0, 0.05) is 18.2 Å². The van der Waals surface area contributed by atoms with Crippen molar-refractivity contribution in [2.45, 2.75) is 67.2 Å². The van der Waals surface area contributed by atoms with Crippen LogP contribution in [0.5, 0.6) is 0 Å². The molecule has 0 bridgehead atoms. The van der Waals surface area contributed by atoms with E-state index in [-0.39, 0.29) is 0 Å². The van der Waals surface area contributed by atoms with Crippen LogP contribution in [0.3, 0.4) is 0 Å². The van der Waals surface area contributed by atoms with E-state index in [1.807, 2.05) is 0 Å². The fourth-order valence-electron chi connectivity index (χ4n) is 1.18. The quantitative estimate of drug-likeness (QED) is 0.202. The zero-order valence-electron chi connectivity index (χ0n) is 15.3.